The van der Waals surface area contributed by atoms with Crippen LogP contribution in [0, 0.1) is 6.92 Å². The summed E-state index contributed by atoms with van der Waals surface area (Å²) in [7, 11) is 0. The molecule has 0 radical (unpaired) electrons. The minimum atomic E-state index is -0.253. The first kappa shape index (κ1) is 24.3. The van der Waals surface area contributed by atoms with Gasteiger partial charge in [-0.2, -0.15) is 4.98 Å². The van der Waals surface area contributed by atoms with E-state index in [1.165, 1.54) is 0 Å². The van der Waals surface area contributed by atoms with Gasteiger partial charge in [0.1, 0.15) is 5.65 Å². The van der Waals surface area contributed by atoms with Crippen LogP contribution in [0.2, 0.25) is 5.02 Å². The van der Waals surface area contributed by atoms with Gasteiger partial charge in [-0.15, -0.1) is 0 Å². The van der Waals surface area contributed by atoms with Crippen molar-refractivity contribution in [2.24, 2.45) is 0 Å². The number of halogens is 1. The summed E-state index contributed by atoms with van der Waals surface area (Å²) in [5, 5.41) is 13.3. The quantitative estimate of drug-likeness (QED) is 0.328. The molecule has 186 valence electrons. The molecule has 0 bridgehead atoms. The highest BCUT2D eigenvalue weighted by Crippen LogP contribution is 2.31. The van der Waals surface area contributed by atoms with Crippen molar-refractivity contribution in [3.05, 3.63) is 63.9 Å². The fourth-order valence-corrected chi connectivity index (χ4v) is 4.23. The van der Waals surface area contributed by atoms with Crippen LogP contribution in [0.5, 0.6) is 0 Å². The van der Waals surface area contributed by atoms with Crippen LogP contribution in [0.1, 0.15) is 5.69 Å². The number of aryl methyl sites for hydroxylation is 1. The zero-order valence-corrected chi connectivity index (χ0v) is 20.4. The minimum Gasteiger partial charge on any atom is -0.394 e. The average molecular weight is 509 g/mol. The molecule has 1 aliphatic heterocycles. The van der Waals surface area contributed by atoms with Gasteiger partial charge in [0.15, 0.2) is 0 Å². The van der Waals surface area contributed by atoms with E-state index >= 15 is 0 Å². The summed E-state index contributed by atoms with van der Waals surface area (Å²) in [4.78, 5) is 31.4. The maximum atomic E-state index is 13.7. The molecule has 1 aromatic carbocycles. The molecular formula is C25H25ClN6O4. The van der Waals surface area contributed by atoms with Gasteiger partial charge in [-0.25, -0.2) is 9.97 Å². The number of anilines is 1. The van der Waals surface area contributed by atoms with E-state index in [2.05, 4.69) is 25.3 Å². The highest BCUT2D eigenvalue weighted by Gasteiger charge is 2.20. The second-order valence-electron chi connectivity index (χ2n) is 8.44. The Morgan fingerprint density at radius 3 is 2.75 bits per heavy atom. The monoisotopic (exact) mass is 508 g/mol. The lowest BCUT2D eigenvalue weighted by Crippen LogP contribution is -2.40. The van der Waals surface area contributed by atoms with Crippen LogP contribution < -0.4 is 10.9 Å². The number of hydrogen-bond acceptors (Lipinski definition) is 9. The third-order valence-electron chi connectivity index (χ3n) is 5.80. The smallest absolute Gasteiger partial charge is 0.260 e. The summed E-state index contributed by atoms with van der Waals surface area (Å²) in [5.41, 5.74) is 3.55. The molecular weight excluding hydrogens is 484 g/mol. The standard InChI is InChI=1S/C25H25ClN6O4/c1-15-10-27-12-22(29-15)16-2-3-19(21(26)9-16)20-8-17-11-28-25(30-18-13-36-14-18)31-23(17)32(24(20)34)4-6-35-7-5-33/h2-3,8-12,18,33H,4-7,13-14H2,1H3,(H,28,30,31). The van der Waals surface area contributed by atoms with Crippen molar-refractivity contribution in [3.63, 3.8) is 0 Å². The van der Waals surface area contributed by atoms with Crippen LogP contribution in [0.4, 0.5) is 5.95 Å². The van der Waals surface area contributed by atoms with Crippen molar-refractivity contribution < 1.29 is 14.6 Å². The SMILES string of the molecule is Cc1cncc(-c2ccc(-c3cc4cnc(NC5COC5)nc4n(CCOCCO)c3=O)c(Cl)c2)n1. The molecule has 36 heavy (non-hydrogen) atoms. The highest BCUT2D eigenvalue weighted by molar-refractivity contribution is 6.33. The third-order valence-corrected chi connectivity index (χ3v) is 6.12. The van der Waals surface area contributed by atoms with Gasteiger partial charge in [0.25, 0.3) is 5.56 Å². The van der Waals surface area contributed by atoms with Gasteiger partial charge in [-0.05, 0) is 19.1 Å². The van der Waals surface area contributed by atoms with Crippen LogP contribution in [-0.2, 0) is 16.0 Å². The summed E-state index contributed by atoms with van der Waals surface area (Å²) in [6, 6.07) is 7.36. The number of pyridine rings is 1. The number of nitrogens with one attached hydrogen (secondary N) is 1. The largest absolute Gasteiger partial charge is 0.394 e. The zero-order valence-electron chi connectivity index (χ0n) is 19.6. The van der Waals surface area contributed by atoms with E-state index in [0.717, 1.165) is 11.3 Å². The Kier molecular flexibility index (Phi) is 7.19. The number of aliphatic hydroxyl groups excluding tert-OH is 1. The van der Waals surface area contributed by atoms with Crippen LogP contribution >= 0.6 is 11.6 Å². The number of benzene rings is 1. The fraction of sp³-hybridized carbons (Fsp3) is 0.320. The Labute approximate surface area is 211 Å². The Morgan fingerprint density at radius 1 is 1.17 bits per heavy atom. The molecule has 1 saturated heterocycles. The number of ether oxygens (including phenoxy) is 2. The summed E-state index contributed by atoms with van der Waals surface area (Å²) < 4.78 is 12.2. The molecule has 2 N–H and O–H groups in total. The molecule has 4 aromatic rings. The first-order valence-electron chi connectivity index (χ1n) is 11.6. The number of rotatable bonds is 9. The molecule has 1 fully saturated rings. The van der Waals surface area contributed by atoms with Crippen molar-refractivity contribution in [2.75, 3.05) is 38.4 Å². The lowest BCUT2D eigenvalue weighted by atomic mass is 10.0. The Balaban J connectivity index is 1.56. The molecule has 0 spiro atoms. The first-order valence-corrected chi connectivity index (χ1v) is 11.9. The molecule has 1 aliphatic rings. The van der Waals surface area contributed by atoms with Crippen molar-refractivity contribution >= 4 is 28.6 Å². The van der Waals surface area contributed by atoms with Gasteiger partial charge in [-0.1, -0.05) is 23.7 Å². The molecule has 0 atom stereocenters. The van der Waals surface area contributed by atoms with Gasteiger partial charge in [0, 0.05) is 39.5 Å². The minimum absolute atomic E-state index is 0.0946. The van der Waals surface area contributed by atoms with E-state index in [-0.39, 0.29) is 38.0 Å². The van der Waals surface area contributed by atoms with E-state index in [0.29, 0.717) is 52.0 Å². The molecule has 0 amide bonds. The molecule has 11 heteroatoms. The lowest BCUT2D eigenvalue weighted by Gasteiger charge is -2.26. The zero-order chi connectivity index (χ0) is 25.1. The number of nitrogens with zero attached hydrogens (tertiary/aromatic N) is 5. The van der Waals surface area contributed by atoms with Crippen LogP contribution in [0.25, 0.3) is 33.4 Å². The molecule has 4 heterocycles. The fourth-order valence-electron chi connectivity index (χ4n) is 3.95. The number of aromatic nitrogens is 5. The maximum absolute atomic E-state index is 13.7. The molecule has 0 saturated carbocycles. The second kappa shape index (κ2) is 10.7. The lowest BCUT2D eigenvalue weighted by molar-refractivity contribution is 0.0208. The molecule has 10 nitrogen and oxygen atoms in total. The maximum Gasteiger partial charge on any atom is 0.260 e. The average Bonchev–Trinajstić information content (AvgIpc) is 2.85. The molecule has 0 unspecified atom stereocenters. The Bertz CT molecular complexity index is 1460. The van der Waals surface area contributed by atoms with E-state index in [1.807, 2.05) is 19.1 Å². The van der Waals surface area contributed by atoms with Gasteiger partial charge in [0.2, 0.25) is 5.95 Å². The number of aliphatic hydroxyl groups is 1. The van der Waals surface area contributed by atoms with Gasteiger partial charge >= 0.3 is 0 Å². The normalized spacial score (nSPS) is 13.6. The number of hydrogen-bond donors (Lipinski definition) is 2. The van der Waals surface area contributed by atoms with E-state index < -0.39 is 0 Å². The topological polar surface area (TPSA) is 124 Å². The Hall–Kier alpha value is -3.44. The van der Waals surface area contributed by atoms with Crippen molar-refractivity contribution in [1.82, 2.24) is 24.5 Å². The van der Waals surface area contributed by atoms with Gasteiger partial charge in [0.05, 0.1) is 63.2 Å². The van der Waals surface area contributed by atoms with E-state index in [1.54, 1.807) is 35.3 Å². The molecule has 3 aromatic heterocycles. The van der Waals surface area contributed by atoms with Gasteiger partial charge < -0.3 is 19.9 Å². The third kappa shape index (κ3) is 5.07. The van der Waals surface area contributed by atoms with E-state index in [9.17, 15) is 4.79 Å². The van der Waals surface area contributed by atoms with Crippen LogP contribution in [-0.4, -0.2) is 68.7 Å². The predicted octanol–water partition coefficient (Wildman–Crippen LogP) is 2.70. The van der Waals surface area contributed by atoms with Gasteiger partial charge in [-0.3, -0.25) is 14.3 Å². The summed E-state index contributed by atoms with van der Waals surface area (Å²) in [5.74, 6) is 0.426. The Morgan fingerprint density at radius 2 is 2.03 bits per heavy atom. The molecule has 5 rings (SSSR count). The molecule has 0 aliphatic carbocycles. The second-order valence-corrected chi connectivity index (χ2v) is 8.85. The predicted molar refractivity (Wildman–Crippen MR) is 136 cm³/mol. The van der Waals surface area contributed by atoms with Crippen molar-refractivity contribution in [2.45, 2.75) is 19.5 Å². The first-order chi connectivity index (χ1) is 17.5. The van der Waals surface area contributed by atoms with Crippen LogP contribution in [0.15, 0.2) is 47.7 Å². The van der Waals surface area contributed by atoms with E-state index in [4.69, 9.17) is 26.2 Å². The summed E-state index contributed by atoms with van der Waals surface area (Å²) in [6.45, 7) is 3.63. The summed E-state index contributed by atoms with van der Waals surface area (Å²) in [6.07, 6.45) is 5.04. The van der Waals surface area contributed by atoms with Crippen molar-refractivity contribution in [3.8, 4) is 22.4 Å². The van der Waals surface area contributed by atoms with Crippen LogP contribution in [0.3, 0.4) is 0 Å². The highest BCUT2D eigenvalue weighted by atomic mass is 35.5. The summed E-state index contributed by atoms with van der Waals surface area (Å²) >= 11 is 6.68. The van der Waals surface area contributed by atoms with Crippen molar-refractivity contribution in [1.29, 1.82) is 0 Å². The number of fused-ring (bicyclic) bond motifs is 1.